The highest BCUT2D eigenvalue weighted by atomic mass is 19.1. The number of nitrogens with zero attached hydrogens (tertiary/aromatic N) is 1. The summed E-state index contributed by atoms with van der Waals surface area (Å²) in [5.74, 6) is -0.836. The molecule has 1 aromatic carbocycles. The molecule has 12 heavy (non-hydrogen) atoms. The highest BCUT2D eigenvalue weighted by Crippen LogP contribution is 2.17. The lowest BCUT2D eigenvalue weighted by molar-refractivity contribution is -0.387. The van der Waals surface area contributed by atoms with Gasteiger partial charge in [-0.15, -0.1) is 0 Å². The number of halogens is 1. The van der Waals surface area contributed by atoms with Crippen molar-refractivity contribution >= 4 is 5.69 Å². The second-order valence-electron chi connectivity index (χ2n) is 2.25. The van der Waals surface area contributed by atoms with Crippen LogP contribution in [-0.4, -0.2) is 4.92 Å². The van der Waals surface area contributed by atoms with E-state index in [2.05, 4.69) is 0 Å². The molecule has 0 spiro atoms. The molecule has 0 radical (unpaired) electrons. The van der Waals surface area contributed by atoms with E-state index >= 15 is 0 Å². The van der Waals surface area contributed by atoms with Gasteiger partial charge < -0.3 is 5.73 Å². The molecule has 0 atom stereocenters. The summed E-state index contributed by atoms with van der Waals surface area (Å²) in [5.41, 5.74) is 5.24. The van der Waals surface area contributed by atoms with Crippen LogP contribution in [0.2, 0.25) is 0 Å². The third kappa shape index (κ3) is 1.57. The minimum atomic E-state index is -0.836. The van der Waals surface area contributed by atoms with Gasteiger partial charge in [-0.3, -0.25) is 10.1 Å². The molecular formula is C7H7FN2O2. The standard InChI is InChI=1S/C7H7FN2O2/c8-6-2-1-5(4-9)3-7(6)10(11)12/h1-3H,4,9H2. The predicted molar refractivity (Wildman–Crippen MR) is 40.9 cm³/mol. The van der Waals surface area contributed by atoms with Crippen molar-refractivity contribution in [3.63, 3.8) is 0 Å². The Labute approximate surface area is 68.0 Å². The maximum absolute atomic E-state index is 12.7. The van der Waals surface area contributed by atoms with Crippen molar-refractivity contribution in [2.45, 2.75) is 6.54 Å². The molecule has 64 valence electrons. The topological polar surface area (TPSA) is 69.2 Å². The van der Waals surface area contributed by atoms with E-state index in [4.69, 9.17) is 5.73 Å². The highest BCUT2D eigenvalue weighted by Gasteiger charge is 2.13. The van der Waals surface area contributed by atoms with Crippen LogP contribution in [0, 0.1) is 15.9 Å². The number of hydrogen-bond donors (Lipinski definition) is 1. The van der Waals surface area contributed by atoms with Crippen LogP contribution >= 0.6 is 0 Å². The molecule has 0 saturated carbocycles. The van der Waals surface area contributed by atoms with Crippen LogP contribution < -0.4 is 5.73 Å². The first-order valence-electron chi connectivity index (χ1n) is 3.28. The van der Waals surface area contributed by atoms with Gasteiger partial charge in [0.05, 0.1) is 4.92 Å². The Morgan fingerprint density at radius 1 is 1.58 bits per heavy atom. The first-order valence-corrected chi connectivity index (χ1v) is 3.28. The number of rotatable bonds is 2. The van der Waals surface area contributed by atoms with Crippen molar-refractivity contribution in [2.75, 3.05) is 0 Å². The number of benzene rings is 1. The summed E-state index contributed by atoms with van der Waals surface area (Å²) in [6.07, 6.45) is 0. The van der Waals surface area contributed by atoms with Crippen LogP contribution in [0.3, 0.4) is 0 Å². The lowest BCUT2D eigenvalue weighted by Crippen LogP contribution is -1.99. The van der Waals surface area contributed by atoms with Gasteiger partial charge in [-0.2, -0.15) is 4.39 Å². The smallest absolute Gasteiger partial charge is 0.305 e. The number of nitro benzene ring substituents is 1. The van der Waals surface area contributed by atoms with Crippen LogP contribution in [0.1, 0.15) is 5.56 Å². The van der Waals surface area contributed by atoms with Gasteiger partial charge in [-0.05, 0) is 11.6 Å². The molecule has 0 aromatic heterocycles. The summed E-state index contributed by atoms with van der Waals surface area (Å²) in [5, 5.41) is 10.2. The number of hydrogen-bond acceptors (Lipinski definition) is 3. The van der Waals surface area contributed by atoms with Gasteiger partial charge in [0.1, 0.15) is 0 Å². The highest BCUT2D eigenvalue weighted by molar-refractivity contribution is 5.35. The third-order valence-corrected chi connectivity index (χ3v) is 1.44. The lowest BCUT2D eigenvalue weighted by atomic mass is 10.2. The molecule has 0 aliphatic rings. The zero-order valence-electron chi connectivity index (χ0n) is 6.16. The van der Waals surface area contributed by atoms with Gasteiger partial charge in [0, 0.05) is 12.6 Å². The normalized spacial score (nSPS) is 9.83. The first-order chi connectivity index (χ1) is 5.65. The molecular weight excluding hydrogens is 163 g/mol. The van der Waals surface area contributed by atoms with Crippen molar-refractivity contribution < 1.29 is 9.31 Å². The third-order valence-electron chi connectivity index (χ3n) is 1.44. The quantitative estimate of drug-likeness (QED) is 0.535. The van der Waals surface area contributed by atoms with Gasteiger partial charge in [0.25, 0.3) is 0 Å². The predicted octanol–water partition coefficient (Wildman–Crippen LogP) is 1.19. The molecule has 2 N–H and O–H groups in total. The van der Waals surface area contributed by atoms with Crippen molar-refractivity contribution in [3.05, 3.63) is 39.7 Å². The van der Waals surface area contributed by atoms with E-state index in [1.54, 1.807) is 0 Å². The molecule has 5 heteroatoms. The maximum Gasteiger partial charge on any atom is 0.305 e. The SMILES string of the molecule is NCc1ccc(F)c([N+](=O)[O-])c1. The van der Waals surface area contributed by atoms with E-state index in [-0.39, 0.29) is 6.54 Å². The molecule has 0 bridgehead atoms. The number of nitro groups is 1. The monoisotopic (exact) mass is 170 g/mol. The van der Waals surface area contributed by atoms with Crippen molar-refractivity contribution in [1.29, 1.82) is 0 Å². The minimum Gasteiger partial charge on any atom is -0.326 e. The van der Waals surface area contributed by atoms with Crippen LogP contribution in [0.5, 0.6) is 0 Å². The van der Waals surface area contributed by atoms with Crippen molar-refractivity contribution in [3.8, 4) is 0 Å². The Balaban J connectivity index is 3.17. The summed E-state index contributed by atoms with van der Waals surface area (Å²) >= 11 is 0. The zero-order chi connectivity index (χ0) is 9.14. The average Bonchev–Trinajstić information content (AvgIpc) is 2.05. The molecule has 1 aromatic rings. The summed E-state index contributed by atoms with van der Waals surface area (Å²) in [4.78, 5) is 9.45. The number of nitrogens with two attached hydrogens (primary N) is 1. The fraction of sp³-hybridized carbons (Fsp3) is 0.143. The summed E-state index contributed by atoms with van der Waals surface area (Å²) in [6.45, 7) is 0.168. The van der Waals surface area contributed by atoms with Gasteiger partial charge in [-0.25, -0.2) is 0 Å². The summed E-state index contributed by atoms with van der Waals surface area (Å²) in [7, 11) is 0. The molecule has 0 amide bonds. The summed E-state index contributed by atoms with van der Waals surface area (Å²) in [6, 6.07) is 3.60. The molecule has 0 heterocycles. The largest absolute Gasteiger partial charge is 0.326 e. The Kier molecular flexibility index (Phi) is 2.35. The van der Waals surface area contributed by atoms with Crippen LogP contribution in [0.25, 0.3) is 0 Å². The van der Waals surface area contributed by atoms with E-state index in [0.717, 1.165) is 12.1 Å². The zero-order valence-corrected chi connectivity index (χ0v) is 6.16. The second kappa shape index (κ2) is 3.27. The van der Waals surface area contributed by atoms with Crippen molar-refractivity contribution in [2.24, 2.45) is 5.73 Å². The van der Waals surface area contributed by atoms with Gasteiger partial charge in [-0.1, -0.05) is 6.07 Å². The van der Waals surface area contributed by atoms with Crippen LogP contribution in [0.15, 0.2) is 18.2 Å². The van der Waals surface area contributed by atoms with Gasteiger partial charge in [0.2, 0.25) is 5.82 Å². The molecule has 0 unspecified atom stereocenters. The minimum absolute atomic E-state index is 0.168. The lowest BCUT2D eigenvalue weighted by Gasteiger charge is -1.96. The van der Waals surface area contributed by atoms with Crippen molar-refractivity contribution in [1.82, 2.24) is 0 Å². The Bertz CT molecular complexity index is 314. The Hall–Kier alpha value is -1.49. The molecule has 0 aliphatic heterocycles. The first kappa shape index (κ1) is 8.61. The molecule has 0 aliphatic carbocycles. The molecule has 4 nitrogen and oxygen atoms in total. The van der Waals surface area contributed by atoms with E-state index in [9.17, 15) is 14.5 Å². The van der Waals surface area contributed by atoms with Gasteiger partial charge in [0.15, 0.2) is 0 Å². The Morgan fingerprint density at radius 2 is 2.25 bits per heavy atom. The van der Waals surface area contributed by atoms with Crippen LogP contribution in [-0.2, 0) is 6.54 Å². The molecule has 1 rings (SSSR count). The maximum atomic E-state index is 12.7. The average molecular weight is 170 g/mol. The fourth-order valence-electron chi connectivity index (χ4n) is 0.825. The Morgan fingerprint density at radius 3 is 2.75 bits per heavy atom. The fourth-order valence-corrected chi connectivity index (χ4v) is 0.825. The van der Waals surface area contributed by atoms with E-state index in [1.165, 1.54) is 6.07 Å². The van der Waals surface area contributed by atoms with Crippen LogP contribution in [0.4, 0.5) is 10.1 Å². The molecule has 0 fully saturated rings. The molecule has 0 saturated heterocycles. The van der Waals surface area contributed by atoms with E-state index in [1.807, 2.05) is 0 Å². The van der Waals surface area contributed by atoms with E-state index < -0.39 is 16.4 Å². The van der Waals surface area contributed by atoms with E-state index in [0.29, 0.717) is 5.56 Å². The second-order valence-corrected chi connectivity index (χ2v) is 2.25. The van der Waals surface area contributed by atoms with Gasteiger partial charge >= 0.3 is 5.69 Å². The summed E-state index contributed by atoms with van der Waals surface area (Å²) < 4.78 is 12.7.